The van der Waals surface area contributed by atoms with Crippen molar-refractivity contribution in [3.8, 4) is 0 Å². The van der Waals surface area contributed by atoms with Crippen LogP contribution in [0.1, 0.15) is 30.9 Å². The molecule has 0 aromatic heterocycles. The van der Waals surface area contributed by atoms with Crippen LogP contribution < -0.4 is 11.1 Å². The number of hydrogen-bond acceptors (Lipinski definition) is 1. The number of nitrogens with two attached hydrogens (primary N) is 1. The molecule has 0 atom stereocenters. The molecule has 0 heterocycles. The van der Waals surface area contributed by atoms with Gasteiger partial charge in [-0.1, -0.05) is 19.9 Å². The van der Waals surface area contributed by atoms with Crippen LogP contribution in [-0.4, -0.2) is 5.11 Å². The van der Waals surface area contributed by atoms with E-state index in [0.717, 1.165) is 6.07 Å². The highest BCUT2D eigenvalue weighted by molar-refractivity contribution is 7.80. The monoisotopic (exact) mass is 262 g/mol. The highest BCUT2D eigenvalue weighted by atomic mass is 32.1. The molecule has 0 aliphatic rings. The highest BCUT2D eigenvalue weighted by Crippen LogP contribution is 2.36. The van der Waals surface area contributed by atoms with Crippen LogP contribution in [0.15, 0.2) is 18.2 Å². The molecule has 3 N–H and O–H groups in total. The van der Waals surface area contributed by atoms with Gasteiger partial charge in [0.1, 0.15) is 0 Å². The molecule has 0 spiro atoms. The van der Waals surface area contributed by atoms with E-state index in [9.17, 15) is 13.2 Å². The first kappa shape index (κ1) is 13.8. The molecule has 0 aliphatic heterocycles. The maximum absolute atomic E-state index is 12.8. The van der Waals surface area contributed by atoms with Crippen molar-refractivity contribution in [3.05, 3.63) is 29.3 Å². The quantitative estimate of drug-likeness (QED) is 0.801. The number of alkyl halides is 3. The lowest BCUT2D eigenvalue weighted by Crippen LogP contribution is -2.21. The van der Waals surface area contributed by atoms with Gasteiger partial charge in [0.15, 0.2) is 5.11 Å². The largest absolute Gasteiger partial charge is 0.418 e. The predicted octanol–water partition coefficient (Wildman–Crippen LogP) is 3.48. The van der Waals surface area contributed by atoms with Gasteiger partial charge in [0.2, 0.25) is 0 Å². The second-order valence-corrected chi connectivity index (χ2v) is 4.39. The van der Waals surface area contributed by atoms with E-state index in [-0.39, 0.29) is 16.7 Å². The molecule has 0 bridgehead atoms. The third-order valence-electron chi connectivity index (χ3n) is 2.27. The molecule has 0 saturated carbocycles. The summed E-state index contributed by atoms with van der Waals surface area (Å²) < 4.78 is 38.5. The molecule has 1 aromatic carbocycles. The normalized spacial score (nSPS) is 11.6. The molecule has 0 amide bonds. The lowest BCUT2D eigenvalue weighted by Gasteiger charge is -2.16. The molecule has 6 heteroatoms. The van der Waals surface area contributed by atoms with E-state index in [1.54, 1.807) is 6.07 Å². The number of hydrogen-bond donors (Lipinski definition) is 2. The minimum absolute atomic E-state index is 0.0231. The number of halogens is 3. The van der Waals surface area contributed by atoms with Gasteiger partial charge in [-0.2, -0.15) is 13.2 Å². The van der Waals surface area contributed by atoms with E-state index in [0.29, 0.717) is 5.56 Å². The van der Waals surface area contributed by atoms with E-state index < -0.39 is 11.7 Å². The minimum atomic E-state index is -4.43. The summed E-state index contributed by atoms with van der Waals surface area (Å²) in [6.45, 7) is 3.66. The van der Waals surface area contributed by atoms with Crippen molar-refractivity contribution in [1.82, 2.24) is 0 Å². The summed E-state index contributed by atoms with van der Waals surface area (Å²) in [5.74, 6) is 0.0231. The van der Waals surface area contributed by atoms with Crippen LogP contribution in [0, 0.1) is 0 Å². The first-order valence-corrected chi connectivity index (χ1v) is 5.40. The topological polar surface area (TPSA) is 38.0 Å². The number of rotatable bonds is 2. The molecule has 2 nitrogen and oxygen atoms in total. The van der Waals surface area contributed by atoms with Crippen LogP contribution in [-0.2, 0) is 6.18 Å². The third-order valence-corrected chi connectivity index (χ3v) is 2.38. The van der Waals surface area contributed by atoms with Crippen molar-refractivity contribution in [1.29, 1.82) is 0 Å². The second kappa shape index (κ2) is 4.91. The summed E-state index contributed by atoms with van der Waals surface area (Å²) in [4.78, 5) is 0. The number of benzene rings is 1. The van der Waals surface area contributed by atoms with E-state index >= 15 is 0 Å². The van der Waals surface area contributed by atoms with E-state index in [2.05, 4.69) is 17.5 Å². The van der Waals surface area contributed by atoms with Crippen LogP contribution in [0.3, 0.4) is 0 Å². The summed E-state index contributed by atoms with van der Waals surface area (Å²) in [5.41, 5.74) is 4.93. The Kier molecular flexibility index (Phi) is 3.98. The first-order chi connectivity index (χ1) is 7.71. The molecule has 0 aliphatic carbocycles. The Morgan fingerprint density at radius 2 is 1.94 bits per heavy atom. The number of thiocarbonyl (C=S) groups is 1. The standard InChI is InChI=1S/C11H13F3N2S/c1-6(2)7-3-4-9(16-10(15)17)8(5-7)11(12,13)14/h3-6H,1-2H3,(H3,15,16,17). The number of nitrogens with one attached hydrogen (secondary N) is 1. The Morgan fingerprint density at radius 1 is 1.35 bits per heavy atom. The lowest BCUT2D eigenvalue weighted by atomic mass is 9.99. The molecule has 17 heavy (non-hydrogen) atoms. The average Bonchev–Trinajstić information content (AvgIpc) is 2.15. The van der Waals surface area contributed by atoms with Crippen LogP contribution in [0.5, 0.6) is 0 Å². The highest BCUT2D eigenvalue weighted by Gasteiger charge is 2.34. The Hall–Kier alpha value is -1.30. The van der Waals surface area contributed by atoms with E-state index in [4.69, 9.17) is 5.73 Å². The molecule has 1 aromatic rings. The van der Waals surface area contributed by atoms with Crippen LogP contribution in [0.2, 0.25) is 0 Å². The Balaban J connectivity index is 3.27. The van der Waals surface area contributed by atoms with Gasteiger partial charge in [0.05, 0.1) is 11.3 Å². The SMILES string of the molecule is CC(C)c1ccc(NC(N)=S)c(C(F)(F)F)c1. The Labute approximate surface area is 103 Å². The van der Waals surface area contributed by atoms with Gasteiger partial charge in [-0.05, 0) is 35.8 Å². The van der Waals surface area contributed by atoms with Gasteiger partial charge in [-0.3, -0.25) is 0 Å². The molecule has 0 fully saturated rings. The summed E-state index contributed by atoms with van der Waals surface area (Å²) in [6.07, 6.45) is -4.43. The summed E-state index contributed by atoms with van der Waals surface area (Å²) >= 11 is 4.54. The van der Waals surface area contributed by atoms with Gasteiger partial charge < -0.3 is 11.1 Å². The fourth-order valence-corrected chi connectivity index (χ4v) is 1.51. The van der Waals surface area contributed by atoms with Gasteiger partial charge in [0, 0.05) is 0 Å². The minimum Gasteiger partial charge on any atom is -0.376 e. The van der Waals surface area contributed by atoms with Crippen molar-refractivity contribution in [3.63, 3.8) is 0 Å². The zero-order chi connectivity index (χ0) is 13.2. The fraction of sp³-hybridized carbons (Fsp3) is 0.364. The molecule has 0 saturated heterocycles. The van der Waals surface area contributed by atoms with Gasteiger partial charge >= 0.3 is 6.18 Å². The van der Waals surface area contributed by atoms with Crippen molar-refractivity contribution in [2.24, 2.45) is 5.73 Å². The van der Waals surface area contributed by atoms with Crippen LogP contribution in [0.4, 0.5) is 18.9 Å². The molecular formula is C11H13F3N2S. The van der Waals surface area contributed by atoms with Crippen LogP contribution in [0.25, 0.3) is 0 Å². The Bertz CT molecular complexity index is 427. The average molecular weight is 262 g/mol. The second-order valence-electron chi connectivity index (χ2n) is 3.95. The van der Waals surface area contributed by atoms with E-state index in [1.807, 2.05) is 13.8 Å². The maximum Gasteiger partial charge on any atom is 0.418 e. The van der Waals surface area contributed by atoms with Gasteiger partial charge in [-0.25, -0.2) is 0 Å². The predicted molar refractivity (Wildman–Crippen MR) is 65.9 cm³/mol. The lowest BCUT2D eigenvalue weighted by molar-refractivity contribution is -0.137. The summed E-state index contributed by atoms with van der Waals surface area (Å²) in [7, 11) is 0. The van der Waals surface area contributed by atoms with Gasteiger partial charge in [-0.15, -0.1) is 0 Å². The van der Waals surface area contributed by atoms with Crippen molar-refractivity contribution in [2.75, 3.05) is 5.32 Å². The Morgan fingerprint density at radius 3 is 2.35 bits per heavy atom. The fourth-order valence-electron chi connectivity index (χ4n) is 1.40. The zero-order valence-corrected chi connectivity index (χ0v) is 10.2. The molecule has 0 unspecified atom stereocenters. The third kappa shape index (κ3) is 3.59. The van der Waals surface area contributed by atoms with Crippen molar-refractivity contribution in [2.45, 2.75) is 25.9 Å². The van der Waals surface area contributed by atoms with Crippen LogP contribution >= 0.6 is 12.2 Å². The molecule has 94 valence electrons. The molecule has 0 radical (unpaired) electrons. The maximum atomic E-state index is 12.8. The van der Waals surface area contributed by atoms with Crippen molar-refractivity contribution >= 4 is 23.0 Å². The summed E-state index contributed by atoms with van der Waals surface area (Å²) in [5, 5.41) is 2.15. The molecule has 1 rings (SSSR count). The first-order valence-electron chi connectivity index (χ1n) is 4.99. The smallest absolute Gasteiger partial charge is 0.376 e. The van der Waals surface area contributed by atoms with E-state index in [1.165, 1.54) is 6.07 Å². The van der Waals surface area contributed by atoms with Crippen molar-refractivity contribution < 1.29 is 13.2 Å². The van der Waals surface area contributed by atoms with Gasteiger partial charge in [0.25, 0.3) is 0 Å². The molecular weight excluding hydrogens is 249 g/mol. The zero-order valence-electron chi connectivity index (χ0n) is 9.43. The summed E-state index contributed by atoms with van der Waals surface area (Å²) in [6, 6.07) is 4.09. The number of anilines is 1.